The van der Waals surface area contributed by atoms with Gasteiger partial charge in [-0.2, -0.15) is 0 Å². The van der Waals surface area contributed by atoms with Gasteiger partial charge in [0.1, 0.15) is 28.5 Å². The highest BCUT2D eigenvalue weighted by Gasteiger charge is 2.20. The van der Waals surface area contributed by atoms with Crippen LogP contribution in [-0.4, -0.2) is 40.5 Å². The number of hydrogen-bond donors (Lipinski definition) is 4. The number of aromatic hydroxyl groups is 3. The molecular weight excluding hydrogens is 430 g/mol. The van der Waals surface area contributed by atoms with Gasteiger partial charge in [-0.05, 0) is 30.2 Å². The summed E-state index contributed by atoms with van der Waals surface area (Å²) in [6.45, 7) is 4.41. The summed E-state index contributed by atoms with van der Waals surface area (Å²) in [7, 11) is 0. The summed E-state index contributed by atoms with van der Waals surface area (Å²) >= 11 is 0. The fourth-order valence-electron chi connectivity index (χ4n) is 3.14. The van der Waals surface area contributed by atoms with E-state index in [9.17, 15) is 24.9 Å². The van der Waals surface area contributed by atoms with Crippen molar-refractivity contribution in [1.82, 2.24) is 0 Å². The number of carbonyl (C=O) groups is 1. The lowest BCUT2D eigenvalue weighted by Crippen LogP contribution is -2.38. The highest BCUT2D eigenvalue weighted by molar-refractivity contribution is 5.89. The van der Waals surface area contributed by atoms with Crippen molar-refractivity contribution in [2.24, 2.45) is 11.7 Å². The Labute approximate surface area is 190 Å². The Morgan fingerprint density at radius 1 is 1.09 bits per heavy atom. The third kappa shape index (κ3) is 5.38. The van der Waals surface area contributed by atoms with Gasteiger partial charge in [-0.3, -0.25) is 9.59 Å². The normalized spacial score (nSPS) is 12.9. The van der Waals surface area contributed by atoms with Crippen LogP contribution in [0.2, 0.25) is 0 Å². The predicted octanol–water partition coefficient (Wildman–Crippen LogP) is 3.26. The molecule has 176 valence electrons. The Morgan fingerprint density at radius 2 is 1.79 bits per heavy atom. The molecule has 0 aliphatic carbocycles. The van der Waals surface area contributed by atoms with E-state index in [1.54, 1.807) is 24.3 Å². The fourth-order valence-corrected chi connectivity index (χ4v) is 3.14. The summed E-state index contributed by atoms with van der Waals surface area (Å²) in [6, 6.07) is 8.38. The van der Waals surface area contributed by atoms with Crippen molar-refractivity contribution < 1.29 is 34.0 Å². The van der Waals surface area contributed by atoms with Crippen LogP contribution in [0.3, 0.4) is 0 Å². The smallest absolute Gasteiger partial charge is 0.323 e. The number of phenols is 3. The van der Waals surface area contributed by atoms with Gasteiger partial charge in [0.25, 0.3) is 0 Å². The molecule has 9 nitrogen and oxygen atoms in total. The minimum absolute atomic E-state index is 0.0582. The van der Waals surface area contributed by atoms with Crippen LogP contribution in [0.15, 0.2) is 45.6 Å². The first-order chi connectivity index (χ1) is 15.7. The number of fused-ring (bicyclic) bond motifs is 1. The molecule has 0 radical (unpaired) electrons. The van der Waals surface area contributed by atoms with Gasteiger partial charge in [0.05, 0.1) is 13.2 Å². The molecular formula is C24H27NO8. The molecule has 1 aromatic heterocycles. The minimum atomic E-state index is -0.780. The van der Waals surface area contributed by atoms with Crippen LogP contribution >= 0.6 is 0 Å². The molecule has 0 aliphatic rings. The molecule has 1 unspecified atom stereocenters. The Balaban J connectivity index is 1.59. The van der Waals surface area contributed by atoms with E-state index in [0.29, 0.717) is 24.3 Å². The van der Waals surface area contributed by atoms with Gasteiger partial charge < -0.3 is 34.9 Å². The van der Waals surface area contributed by atoms with Crippen molar-refractivity contribution >= 4 is 16.9 Å². The molecule has 33 heavy (non-hydrogen) atoms. The first kappa shape index (κ1) is 23.9. The average Bonchev–Trinajstić information content (AvgIpc) is 2.81. The Kier molecular flexibility index (Phi) is 7.44. The molecule has 0 bridgehead atoms. The highest BCUT2D eigenvalue weighted by atomic mass is 16.5. The standard InChI is InChI=1S/C24H27NO8/c1-3-13(2)21(25)24(30)32-10-4-9-31-15-7-5-14(6-8-15)18-11-16(26)20-19(33-18)12-17(27)22(28)23(20)29/h5-8,11-13,21,27-29H,3-4,9-10,25H2,1-2H3/t13?,21-/m0/s1. The van der Waals surface area contributed by atoms with E-state index in [1.165, 1.54) is 6.07 Å². The van der Waals surface area contributed by atoms with Crippen LogP contribution in [0.5, 0.6) is 23.0 Å². The monoisotopic (exact) mass is 457 g/mol. The van der Waals surface area contributed by atoms with Gasteiger partial charge in [0, 0.05) is 24.1 Å². The van der Waals surface area contributed by atoms with Crippen molar-refractivity contribution in [3.05, 3.63) is 46.6 Å². The van der Waals surface area contributed by atoms with Crippen molar-refractivity contribution in [3.63, 3.8) is 0 Å². The molecule has 0 saturated heterocycles. The van der Waals surface area contributed by atoms with E-state index >= 15 is 0 Å². The van der Waals surface area contributed by atoms with Gasteiger partial charge >= 0.3 is 5.97 Å². The Bertz CT molecular complexity index is 1190. The first-order valence-electron chi connectivity index (χ1n) is 10.6. The molecule has 2 aromatic carbocycles. The van der Waals surface area contributed by atoms with E-state index in [1.807, 2.05) is 13.8 Å². The minimum Gasteiger partial charge on any atom is -0.504 e. The zero-order valence-electron chi connectivity index (χ0n) is 18.4. The van der Waals surface area contributed by atoms with Crippen molar-refractivity contribution in [1.29, 1.82) is 0 Å². The van der Waals surface area contributed by atoms with Crippen LogP contribution in [0.25, 0.3) is 22.3 Å². The zero-order chi connectivity index (χ0) is 24.1. The number of ether oxygens (including phenoxy) is 2. The predicted molar refractivity (Wildman–Crippen MR) is 121 cm³/mol. The first-order valence-corrected chi connectivity index (χ1v) is 10.6. The molecule has 3 rings (SSSR count). The number of esters is 1. The van der Waals surface area contributed by atoms with E-state index < -0.39 is 34.7 Å². The van der Waals surface area contributed by atoms with Crippen LogP contribution in [0.1, 0.15) is 26.7 Å². The molecule has 3 aromatic rings. The van der Waals surface area contributed by atoms with Gasteiger partial charge in [-0.15, -0.1) is 0 Å². The number of nitrogens with two attached hydrogens (primary N) is 1. The van der Waals surface area contributed by atoms with E-state index in [-0.39, 0.29) is 29.3 Å². The maximum absolute atomic E-state index is 12.4. The molecule has 9 heteroatoms. The van der Waals surface area contributed by atoms with Gasteiger partial charge in [-0.1, -0.05) is 20.3 Å². The number of benzene rings is 2. The molecule has 2 atom stereocenters. The largest absolute Gasteiger partial charge is 0.504 e. The summed E-state index contributed by atoms with van der Waals surface area (Å²) in [4.78, 5) is 24.2. The van der Waals surface area contributed by atoms with E-state index in [0.717, 1.165) is 12.5 Å². The van der Waals surface area contributed by atoms with Gasteiger partial charge in [-0.25, -0.2) is 0 Å². The number of rotatable bonds is 9. The lowest BCUT2D eigenvalue weighted by Gasteiger charge is -2.16. The van der Waals surface area contributed by atoms with Crippen LogP contribution in [0.4, 0.5) is 0 Å². The number of carbonyl (C=O) groups excluding carboxylic acids is 1. The van der Waals surface area contributed by atoms with Crippen LogP contribution < -0.4 is 15.9 Å². The van der Waals surface area contributed by atoms with Gasteiger partial charge in [0.2, 0.25) is 5.75 Å². The molecule has 5 N–H and O–H groups in total. The maximum atomic E-state index is 12.4. The van der Waals surface area contributed by atoms with Crippen LogP contribution in [-0.2, 0) is 9.53 Å². The summed E-state index contributed by atoms with van der Waals surface area (Å²) < 4.78 is 16.4. The topological polar surface area (TPSA) is 152 Å². The lowest BCUT2D eigenvalue weighted by atomic mass is 10.0. The molecule has 0 saturated carbocycles. The fraction of sp³-hybridized carbons (Fsp3) is 0.333. The second-order valence-electron chi connectivity index (χ2n) is 7.75. The summed E-state index contributed by atoms with van der Waals surface area (Å²) in [5.41, 5.74) is 5.77. The summed E-state index contributed by atoms with van der Waals surface area (Å²) in [6.07, 6.45) is 1.30. The number of hydrogen-bond acceptors (Lipinski definition) is 9. The molecule has 1 heterocycles. The lowest BCUT2D eigenvalue weighted by molar-refractivity contribution is -0.146. The average molecular weight is 457 g/mol. The summed E-state index contributed by atoms with van der Waals surface area (Å²) in [5.74, 6) is -1.68. The third-order valence-corrected chi connectivity index (χ3v) is 5.42. The molecule has 0 aliphatic heterocycles. The zero-order valence-corrected chi connectivity index (χ0v) is 18.4. The second-order valence-corrected chi connectivity index (χ2v) is 7.75. The molecule has 0 amide bonds. The SMILES string of the molecule is CCC(C)[C@H](N)C(=O)OCCCOc1ccc(-c2cc(=O)c3c(O)c(O)c(O)cc3o2)cc1. The van der Waals surface area contributed by atoms with E-state index in [2.05, 4.69) is 0 Å². The van der Waals surface area contributed by atoms with Gasteiger partial charge in [0.15, 0.2) is 16.9 Å². The molecule has 0 spiro atoms. The highest BCUT2D eigenvalue weighted by Crippen LogP contribution is 2.40. The Morgan fingerprint density at radius 3 is 2.45 bits per heavy atom. The van der Waals surface area contributed by atoms with Crippen molar-refractivity contribution in [2.45, 2.75) is 32.7 Å². The van der Waals surface area contributed by atoms with Crippen molar-refractivity contribution in [2.75, 3.05) is 13.2 Å². The second kappa shape index (κ2) is 10.3. The number of phenolic OH excluding ortho intramolecular Hbond substituents is 3. The van der Waals surface area contributed by atoms with Crippen LogP contribution in [0, 0.1) is 5.92 Å². The van der Waals surface area contributed by atoms with Crippen molar-refractivity contribution in [3.8, 4) is 34.3 Å². The maximum Gasteiger partial charge on any atom is 0.323 e. The quantitative estimate of drug-likeness (QED) is 0.215. The van der Waals surface area contributed by atoms with E-state index in [4.69, 9.17) is 19.6 Å². The summed E-state index contributed by atoms with van der Waals surface area (Å²) in [5, 5.41) is 29.0. The third-order valence-electron chi connectivity index (χ3n) is 5.42. The Hall–Kier alpha value is -3.72. The molecule has 0 fully saturated rings.